The zero-order chi connectivity index (χ0) is 43.7. The Kier molecular flexibility index (Phi) is 37.4. The van der Waals surface area contributed by atoms with Gasteiger partial charge in [-0.25, -0.2) is 4.57 Å². The first-order valence-electron chi connectivity index (χ1n) is 22.4. The van der Waals surface area contributed by atoms with E-state index < -0.39 is 38.6 Å². The summed E-state index contributed by atoms with van der Waals surface area (Å²) >= 11 is 0. The minimum absolute atomic E-state index is 0.000437. The smallest absolute Gasteiger partial charge is 0.462 e. The Balaban J connectivity index is 4.59. The van der Waals surface area contributed by atoms with Crippen molar-refractivity contribution in [1.29, 1.82) is 0 Å². The molecular weight excluding hydrogens is 766 g/mol. The van der Waals surface area contributed by atoms with E-state index in [0.29, 0.717) is 36.7 Å². The number of carbonyl (C=O) groups excluding carboxylic acids is 2. The molecular formula is C48H83NO9P+. The highest BCUT2D eigenvalue weighted by atomic mass is 31.2. The Morgan fingerprint density at radius 3 is 1.86 bits per heavy atom. The van der Waals surface area contributed by atoms with Crippen LogP contribution in [0.3, 0.4) is 0 Å². The summed E-state index contributed by atoms with van der Waals surface area (Å²) < 4.78 is 34.2. The Labute approximate surface area is 359 Å². The van der Waals surface area contributed by atoms with Crippen LogP contribution < -0.4 is 0 Å². The number of nitrogens with zero attached hydrogens (tertiary/aromatic N) is 1. The van der Waals surface area contributed by atoms with Crippen LogP contribution in [0.1, 0.15) is 149 Å². The predicted molar refractivity (Wildman–Crippen MR) is 244 cm³/mol. The van der Waals surface area contributed by atoms with Gasteiger partial charge in [0.1, 0.15) is 19.8 Å². The molecule has 0 saturated heterocycles. The lowest BCUT2D eigenvalue weighted by atomic mass is 10.1. The summed E-state index contributed by atoms with van der Waals surface area (Å²) in [4.78, 5) is 35.4. The third kappa shape index (κ3) is 43.1. The van der Waals surface area contributed by atoms with E-state index in [9.17, 15) is 24.2 Å². The lowest BCUT2D eigenvalue weighted by Gasteiger charge is -2.24. The maximum absolute atomic E-state index is 12.7. The van der Waals surface area contributed by atoms with Gasteiger partial charge in [0.05, 0.1) is 33.9 Å². The lowest BCUT2D eigenvalue weighted by molar-refractivity contribution is -0.870. The Hall–Kier alpha value is -2.85. The largest absolute Gasteiger partial charge is 0.472 e. The summed E-state index contributed by atoms with van der Waals surface area (Å²) in [6, 6.07) is 0. The second-order valence-corrected chi connectivity index (χ2v) is 17.3. The van der Waals surface area contributed by atoms with Gasteiger partial charge in [0.15, 0.2) is 6.10 Å². The molecule has 10 nitrogen and oxygen atoms in total. The minimum Gasteiger partial charge on any atom is -0.462 e. The molecule has 0 aliphatic heterocycles. The quantitative estimate of drug-likeness (QED) is 0.0155. The van der Waals surface area contributed by atoms with Crippen molar-refractivity contribution in [3.63, 3.8) is 0 Å². The van der Waals surface area contributed by atoms with Crippen LogP contribution in [0.2, 0.25) is 0 Å². The van der Waals surface area contributed by atoms with Gasteiger partial charge in [-0.2, -0.15) is 0 Å². The number of rotatable bonds is 39. The topological polar surface area (TPSA) is 129 Å². The third-order valence-corrected chi connectivity index (χ3v) is 9.99. The molecule has 3 unspecified atom stereocenters. The standard InChI is InChI=1S/C48H82NO9P/c1-6-8-10-12-14-16-18-19-20-21-22-24-26-31-35-39-47(51)55-43-46(44-57-59(53,54)56-42-41-49(3,4)5)58-48(52)40-36-32-28-27-30-34-38-45(50)37-33-29-25-23-17-15-13-11-9-7-2/h9,11,15,17,19-20,25,28-30,32-34,37,45-46,50H,6-8,10,12-14,16,18,21-24,26-27,31,35-36,38-44H2,1-5H3/p+1/b11-9-,17-15-,20-19-,29-25-,32-28-,34-30-,37-33+. The maximum Gasteiger partial charge on any atom is 0.472 e. The second kappa shape index (κ2) is 39.3. The normalized spacial score (nSPS) is 14.9. The molecule has 0 heterocycles. The SMILES string of the molecule is CC/C=C\C/C=C\C/C=C\C=C\C(O)C/C=C\C/C=C\CCC(=O)OC(COC(=O)CCCCCCC/C=C\CCCCCCCC)COP(=O)(O)OCC[N+](C)(C)C. The van der Waals surface area contributed by atoms with Crippen molar-refractivity contribution in [3.05, 3.63) is 85.1 Å². The molecule has 0 aromatic rings. The molecule has 0 aromatic carbocycles. The summed E-state index contributed by atoms with van der Waals surface area (Å²) in [7, 11) is 1.37. The average molecular weight is 849 g/mol. The zero-order valence-corrected chi connectivity index (χ0v) is 38.5. The molecule has 0 fully saturated rings. The number of phosphoric acid groups is 1. The van der Waals surface area contributed by atoms with Gasteiger partial charge < -0.3 is 24.0 Å². The molecule has 0 aromatic heterocycles. The van der Waals surface area contributed by atoms with Crippen LogP contribution in [0.25, 0.3) is 0 Å². The fraction of sp³-hybridized carbons (Fsp3) is 0.667. The summed E-state index contributed by atoms with van der Waals surface area (Å²) in [6.45, 7) is 4.09. The highest BCUT2D eigenvalue weighted by Crippen LogP contribution is 2.43. The number of hydrogen-bond acceptors (Lipinski definition) is 8. The number of likely N-dealkylation sites (N-methyl/N-ethyl adjacent to an activating group) is 1. The van der Waals surface area contributed by atoms with Crippen molar-refractivity contribution < 1.29 is 47.2 Å². The van der Waals surface area contributed by atoms with Crippen LogP contribution in [0.5, 0.6) is 0 Å². The summed E-state index contributed by atoms with van der Waals surface area (Å²) in [5.74, 6) is -0.962. The molecule has 0 aliphatic rings. The Morgan fingerprint density at radius 1 is 0.627 bits per heavy atom. The van der Waals surface area contributed by atoms with Crippen molar-refractivity contribution >= 4 is 19.8 Å². The van der Waals surface area contributed by atoms with Gasteiger partial charge in [-0.3, -0.25) is 18.6 Å². The van der Waals surface area contributed by atoms with Crippen LogP contribution in [0, 0.1) is 0 Å². The number of ether oxygens (including phenoxy) is 2. The molecule has 2 N–H and O–H groups in total. The van der Waals surface area contributed by atoms with E-state index >= 15 is 0 Å². The number of esters is 2. The van der Waals surface area contributed by atoms with E-state index in [4.69, 9.17) is 18.5 Å². The molecule has 338 valence electrons. The van der Waals surface area contributed by atoms with E-state index in [1.807, 2.05) is 63.7 Å². The molecule has 0 bridgehead atoms. The van der Waals surface area contributed by atoms with Crippen LogP contribution in [0.15, 0.2) is 85.1 Å². The van der Waals surface area contributed by atoms with Crippen LogP contribution in [-0.2, 0) is 32.7 Å². The van der Waals surface area contributed by atoms with Crippen molar-refractivity contribution in [2.45, 2.75) is 161 Å². The number of hydrogen-bond donors (Lipinski definition) is 2. The molecule has 0 spiro atoms. The molecule has 0 rings (SSSR count). The first-order chi connectivity index (χ1) is 28.4. The number of carbonyl (C=O) groups is 2. The molecule has 59 heavy (non-hydrogen) atoms. The number of aliphatic hydroxyl groups excluding tert-OH is 1. The number of allylic oxidation sites excluding steroid dienone is 12. The highest BCUT2D eigenvalue weighted by molar-refractivity contribution is 7.47. The molecule has 3 atom stereocenters. The number of quaternary nitrogens is 1. The summed E-state index contributed by atoms with van der Waals surface area (Å²) in [6.07, 6.45) is 46.7. The third-order valence-electron chi connectivity index (χ3n) is 9.00. The summed E-state index contributed by atoms with van der Waals surface area (Å²) in [5.41, 5.74) is 0. The van der Waals surface area contributed by atoms with Gasteiger partial charge >= 0.3 is 19.8 Å². The fourth-order valence-electron chi connectivity index (χ4n) is 5.47. The van der Waals surface area contributed by atoms with E-state index in [-0.39, 0.29) is 26.1 Å². The fourth-order valence-corrected chi connectivity index (χ4v) is 6.21. The highest BCUT2D eigenvalue weighted by Gasteiger charge is 2.27. The van der Waals surface area contributed by atoms with E-state index in [1.165, 1.54) is 44.9 Å². The minimum atomic E-state index is -4.42. The number of aliphatic hydroxyl groups is 1. The Morgan fingerprint density at radius 2 is 1.20 bits per heavy atom. The second-order valence-electron chi connectivity index (χ2n) is 15.9. The van der Waals surface area contributed by atoms with E-state index in [2.05, 4.69) is 50.3 Å². The van der Waals surface area contributed by atoms with Gasteiger partial charge in [-0.05, 0) is 70.6 Å². The van der Waals surface area contributed by atoms with Gasteiger partial charge in [-0.15, -0.1) is 0 Å². The number of phosphoric ester groups is 1. The first-order valence-corrected chi connectivity index (χ1v) is 23.9. The maximum atomic E-state index is 12.7. The molecule has 0 saturated carbocycles. The van der Waals surface area contributed by atoms with Gasteiger partial charge in [0.2, 0.25) is 0 Å². The van der Waals surface area contributed by atoms with E-state index in [1.54, 1.807) is 6.08 Å². The van der Waals surface area contributed by atoms with Crippen molar-refractivity contribution in [2.75, 3.05) is 47.5 Å². The van der Waals surface area contributed by atoms with Crippen LogP contribution in [-0.4, -0.2) is 86.1 Å². The predicted octanol–water partition coefficient (Wildman–Crippen LogP) is 11.8. The van der Waals surface area contributed by atoms with Gasteiger partial charge in [0, 0.05) is 12.8 Å². The Bertz CT molecular complexity index is 1300. The number of unbranched alkanes of at least 4 members (excludes halogenated alkanes) is 11. The lowest BCUT2D eigenvalue weighted by Crippen LogP contribution is -2.37. The zero-order valence-electron chi connectivity index (χ0n) is 37.6. The molecule has 0 amide bonds. The summed E-state index contributed by atoms with van der Waals surface area (Å²) in [5, 5.41) is 10.2. The average Bonchev–Trinajstić information content (AvgIpc) is 3.18. The molecule has 11 heteroatoms. The first kappa shape index (κ1) is 56.1. The van der Waals surface area contributed by atoms with Gasteiger partial charge in [-0.1, -0.05) is 150 Å². The molecule has 0 radical (unpaired) electrons. The van der Waals surface area contributed by atoms with Crippen LogP contribution >= 0.6 is 7.82 Å². The van der Waals surface area contributed by atoms with Crippen molar-refractivity contribution in [1.82, 2.24) is 0 Å². The monoisotopic (exact) mass is 849 g/mol. The van der Waals surface area contributed by atoms with E-state index in [0.717, 1.165) is 51.4 Å². The van der Waals surface area contributed by atoms with Crippen molar-refractivity contribution in [3.8, 4) is 0 Å². The van der Waals surface area contributed by atoms with Crippen molar-refractivity contribution in [2.24, 2.45) is 0 Å². The van der Waals surface area contributed by atoms with Gasteiger partial charge in [0.25, 0.3) is 0 Å². The van der Waals surface area contributed by atoms with Crippen LogP contribution in [0.4, 0.5) is 0 Å². The molecule has 0 aliphatic carbocycles.